The number of fused-ring (bicyclic) bond motifs is 1. The molecule has 1 unspecified atom stereocenters. The number of carbonyl (C=O) groups excluding carboxylic acids is 1. The molecular formula is C20H21ClN2O4. The van der Waals surface area contributed by atoms with Crippen LogP contribution in [0.25, 0.3) is 0 Å². The van der Waals surface area contributed by atoms with E-state index in [0.29, 0.717) is 30.4 Å². The van der Waals surface area contributed by atoms with Crippen LogP contribution in [0.4, 0.5) is 0 Å². The molecule has 0 bridgehead atoms. The first kappa shape index (κ1) is 18.1. The molecule has 0 amide bonds. The fourth-order valence-corrected chi connectivity index (χ4v) is 3.57. The van der Waals surface area contributed by atoms with Crippen LogP contribution < -0.4 is 19.5 Å². The Hall–Kier alpha value is -2.28. The summed E-state index contributed by atoms with van der Waals surface area (Å²) in [5.41, 5.74) is -0.0471. The zero-order valence-electron chi connectivity index (χ0n) is 15.0. The first-order valence-electron chi connectivity index (χ1n) is 8.87. The highest BCUT2D eigenvalue weighted by molar-refractivity contribution is 6.30. The number of hydrogen-bond acceptors (Lipinski definition) is 6. The van der Waals surface area contributed by atoms with Gasteiger partial charge in [0.25, 0.3) is 0 Å². The smallest absolute Gasteiger partial charge is 0.234 e. The minimum atomic E-state index is -1.08. The average molecular weight is 389 g/mol. The molecule has 27 heavy (non-hydrogen) atoms. The van der Waals surface area contributed by atoms with Gasteiger partial charge in [-0.3, -0.25) is 9.69 Å². The second-order valence-corrected chi connectivity index (χ2v) is 7.12. The van der Waals surface area contributed by atoms with Crippen LogP contribution in [-0.2, 0) is 11.3 Å². The number of ether oxygens (including phenoxy) is 3. The standard InChI is InChI=1S/C20H21ClN2O4/c1-14(24)20(27-17-5-3-16(21)4-6-17)12-22-8-9-23(20)11-15-2-7-18-19(10-15)26-13-25-18/h2-7,10,22H,8-9,11-13H2,1H3. The highest BCUT2D eigenvalue weighted by atomic mass is 35.5. The van der Waals surface area contributed by atoms with Crippen molar-refractivity contribution in [2.45, 2.75) is 19.2 Å². The quantitative estimate of drug-likeness (QED) is 0.850. The number of halogens is 1. The maximum absolute atomic E-state index is 12.7. The van der Waals surface area contributed by atoms with Crippen LogP contribution in [0.1, 0.15) is 12.5 Å². The van der Waals surface area contributed by atoms with E-state index in [-0.39, 0.29) is 12.6 Å². The lowest BCUT2D eigenvalue weighted by Crippen LogP contribution is -2.67. The SMILES string of the molecule is CC(=O)C1(Oc2ccc(Cl)cc2)CNCCN1Cc1ccc2c(c1)OCO2. The number of hydrogen-bond donors (Lipinski definition) is 1. The molecule has 142 valence electrons. The van der Waals surface area contributed by atoms with Gasteiger partial charge >= 0.3 is 0 Å². The molecule has 1 fully saturated rings. The van der Waals surface area contributed by atoms with Gasteiger partial charge in [0.05, 0.1) is 6.54 Å². The zero-order chi connectivity index (χ0) is 18.9. The summed E-state index contributed by atoms with van der Waals surface area (Å²) in [7, 11) is 0. The molecule has 6 nitrogen and oxygen atoms in total. The van der Waals surface area contributed by atoms with Crippen LogP contribution in [0.2, 0.25) is 5.02 Å². The van der Waals surface area contributed by atoms with Gasteiger partial charge in [-0.2, -0.15) is 0 Å². The third kappa shape index (κ3) is 3.60. The molecular weight excluding hydrogens is 368 g/mol. The molecule has 2 aromatic rings. The van der Waals surface area contributed by atoms with Crippen molar-refractivity contribution in [2.75, 3.05) is 26.4 Å². The molecule has 1 saturated heterocycles. The minimum Gasteiger partial charge on any atom is -0.464 e. The highest BCUT2D eigenvalue weighted by Gasteiger charge is 2.46. The molecule has 2 aliphatic rings. The Bertz CT molecular complexity index is 842. The monoisotopic (exact) mass is 388 g/mol. The number of carbonyl (C=O) groups is 1. The molecule has 0 aromatic heterocycles. The van der Waals surface area contributed by atoms with Gasteiger partial charge in [0.2, 0.25) is 12.5 Å². The summed E-state index contributed by atoms with van der Waals surface area (Å²) in [6.45, 7) is 4.24. The second-order valence-electron chi connectivity index (χ2n) is 6.68. The van der Waals surface area contributed by atoms with Crippen molar-refractivity contribution >= 4 is 17.4 Å². The van der Waals surface area contributed by atoms with Crippen LogP contribution in [0.5, 0.6) is 17.2 Å². The minimum absolute atomic E-state index is 0.0506. The van der Waals surface area contributed by atoms with Crippen molar-refractivity contribution in [1.82, 2.24) is 10.2 Å². The van der Waals surface area contributed by atoms with E-state index in [4.69, 9.17) is 25.8 Å². The van der Waals surface area contributed by atoms with Gasteiger partial charge < -0.3 is 19.5 Å². The topological polar surface area (TPSA) is 60.0 Å². The van der Waals surface area contributed by atoms with E-state index in [1.807, 2.05) is 18.2 Å². The molecule has 1 N–H and O–H groups in total. The summed E-state index contributed by atoms with van der Waals surface area (Å²) in [6.07, 6.45) is 0. The van der Waals surface area contributed by atoms with Gasteiger partial charge in [0, 0.05) is 31.6 Å². The van der Waals surface area contributed by atoms with Gasteiger partial charge in [0.15, 0.2) is 17.3 Å². The fraction of sp³-hybridized carbons (Fsp3) is 0.350. The highest BCUT2D eigenvalue weighted by Crippen LogP contribution is 2.34. The normalized spacial score (nSPS) is 21.9. The summed E-state index contributed by atoms with van der Waals surface area (Å²) < 4.78 is 17.1. The van der Waals surface area contributed by atoms with Crippen molar-refractivity contribution in [3.05, 3.63) is 53.1 Å². The van der Waals surface area contributed by atoms with E-state index in [9.17, 15) is 4.79 Å². The van der Waals surface area contributed by atoms with Gasteiger partial charge in [-0.1, -0.05) is 17.7 Å². The summed E-state index contributed by atoms with van der Waals surface area (Å²) in [5, 5.41) is 3.91. The molecule has 0 spiro atoms. The van der Waals surface area contributed by atoms with Crippen molar-refractivity contribution in [2.24, 2.45) is 0 Å². The molecule has 2 heterocycles. The molecule has 2 aliphatic heterocycles. The van der Waals surface area contributed by atoms with Crippen molar-refractivity contribution in [3.8, 4) is 17.2 Å². The van der Waals surface area contributed by atoms with Crippen molar-refractivity contribution < 1.29 is 19.0 Å². The number of nitrogens with zero attached hydrogens (tertiary/aromatic N) is 1. The number of piperazine rings is 1. The Balaban J connectivity index is 1.61. The first-order valence-corrected chi connectivity index (χ1v) is 9.24. The third-order valence-corrected chi connectivity index (χ3v) is 5.15. The van der Waals surface area contributed by atoms with Gasteiger partial charge in [0.1, 0.15) is 5.75 Å². The van der Waals surface area contributed by atoms with Crippen molar-refractivity contribution in [1.29, 1.82) is 0 Å². The number of benzene rings is 2. The zero-order valence-corrected chi connectivity index (χ0v) is 15.8. The van der Waals surface area contributed by atoms with Crippen LogP contribution in [0, 0.1) is 0 Å². The lowest BCUT2D eigenvalue weighted by atomic mass is 10.0. The molecule has 4 rings (SSSR count). The Morgan fingerprint density at radius 3 is 2.78 bits per heavy atom. The summed E-state index contributed by atoms with van der Waals surface area (Å²) in [5.74, 6) is 2.03. The Kier molecular flexibility index (Phi) is 4.95. The van der Waals surface area contributed by atoms with Crippen LogP contribution in [0.3, 0.4) is 0 Å². The number of nitrogens with one attached hydrogen (secondary N) is 1. The van der Waals surface area contributed by atoms with Gasteiger partial charge in [-0.05, 0) is 42.0 Å². The molecule has 2 aromatic carbocycles. The van der Waals surface area contributed by atoms with E-state index in [1.54, 1.807) is 31.2 Å². The molecule has 1 atom stereocenters. The molecule has 7 heteroatoms. The summed E-state index contributed by atoms with van der Waals surface area (Å²) >= 11 is 5.97. The van der Waals surface area contributed by atoms with E-state index in [1.165, 1.54) is 0 Å². The summed E-state index contributed by atoms with van der Waals surface area (Å²) in [4.78, 5) is 14.8. The predicted molar refractivity (Wildman–Crippen MR) is 101 cm³/mol. The predicted octanol–water partition coefficient (Wildman–Crippen LogP) is 2.84. The molecule has 0 aliphatic carbocycles. The van der Waals surface area contributed by atoms with Gasteiger partial charge in [-0.15, -0.1) is 0 Å². The lowest BCUT2D eigenvalue weighted by molar-refractivity contribution is -0.157. The Morgan fingerprint density at radius 1 is 1.22 bits per heavy atom. The van der Waals surface area contributed by atoms with E-state index in [0.717, 1.165) is 23.6 Å². The van der Waals surface area contributed by atoms with Crippen LogP contribution in [-0.4, -0.2) is 42.8 Å². The van der Waals surface area contributed by atoms with Gasteiger partial charge in [-0.25, -0.2) is 0 Å². The number of ketones is 1. The van der Waals surface area contributed by atoms with Crippen LogP contribution >= 0.6 is 11.6 Å². The van der Waals surface area contributed by atoms with E-state index < -0.39 is 5.72 Å². The lowest BCUT2D eigenvalue weighted by Gasteiger charge is -2.45. The van der Waals surface area contributed by atoms with E-state index >= 15 is 0 Å². The Labute approximate surface area is 163 Å². The molecule has 0 radical (unpaired) electrons. The fourth-order valence-electron chi connectivity index (χ4n) is 3.45. The maximum atomic E-state index is 12.7. The largest absolute Gasteiger partial charge is 0.464 e. The maximum Gasteiger partial charge on any atom is 0.234 e. The third-order valence-electron chi connectivity index (χ3n) is 4.89. The Morgan fingerprint density at radius 2 is 2.00 bits per heavy atom. The van der Waals surface area contributed by atoms with Crippen molar-refractivity contribution in [3.63, 3.8) is 0 Å². The number of Topliss-reactive ketones (excluding diaryl/α,β-unsaturated/α-hetero) is 1. The van der Waals surface area contributed by atoms with Crippen LogP contribution in [0.15, 0.2) is 42.5 Å². The summed E-state index contributed by atoms with van der Waals surface area (Å²) in [6, 6.07) is 12.9. The van der Waals surface area contributed by atoms with E-state index in [2.05, 4.69) is 10.2 Å². The second kappa shape index (κ2) is 7.38. The number of rotatable bonds is 5. The molecule has 0 saturated carbocycles. The average Bonchev–Trinajstić information content (AvgIpc) is 3.13. The first-order chi connectivity index (χ1) is 13.1.